The first-order chi connectivity index (χ1) is 10.9. The highest BCUT2D eigenvalue weighted by Crippen LogP contribution is 2.43. The summed E-state index contributed by atoms with van der Waals surface area (Å²) in [6, 6.07) is 18.6. The molecule has 0 saturated carbocycles. The van der Waals surface area contributed by atoms with Crippen LogP contribution in [0, 0.1) is 0 Å². The minimum atomic E-state index is 0.740. The van der Waals surface area contributed by atoms with Gasteiger partial charge in [-0.05, 0) is 22.6 Å². The first-order valence-corrected chi connectivity index (χ1v) is 7.21. The summed E-state index contributed by atoms with van der Waals surface area (Å²) in [5, 5.41) is 11.3. The van der Waals surface area contributed by atoms with Gasteiger partial charge in [0.25, 0.3) is 5.69 Å². The lowest BCUT2D eigenvalue weighted by atomic mass is 10.0. The van der Waals surface area contributed by atoms with Gasteiger partial charge in [0.05, 0.1) is 5.10 Å². The van der Waals surface area contributed by atoms with Crippen molar-refractivity contribution in [1.82, 2.24) is 10.2 Å². The first-order valence-electron chi connectivity index (χ1n) is 7.21. The van der Waals surface area contributed by atoms with Gasteiger partial charge in [0, 0.05) is 28.6 Å². The predicted octanol–water partition coefficient (Wildman–Crippen LogP) is 2.57. The minimum Gasteiger partial charge on any atom is -0.227 e. The normalized spacial score (nSPS) is 11.6. The Kier molecular flexibility index (Phi) is 2.19. The molecule has 4 heteroatoms. The zero-order chi connectivity index (χ0) is 14.5. The molecule has 1 aliphatic carbocycles. The summed E-state index contributed by atoms with van der Waals surface area (Å²) in [5.74, 6) is 0.740. The standard InChI is InChI=1S/C18H10N4/c1-2-10-19-14(9-1)18-20-16-12-7-3-5-11-6-4-8-13(15(11)12)17(16)21-22-18/h1-10H/p+2. The second-order valence-electron chi connectivity index (χ2n) is 5.38. The largest absolute Gasteiger partial charge is 0.420 e. The van der Waals surface area contributed by atoms with Crippen LogP contribution in [0.3, 0.4) is 0 Å². The maximum Gasteiger partial charge on any atom is 0.420 e. The van der Waals surface area contributed by atoms with Gasteiger partial charge in [-0.15, -0.1) is 0 Å². The smallest absolute Gasteiger partial charge is 0.227 e. The van der Waals surface area contributed by atoms with Gasteiger partial charge in [0.1, 0.15) is 0 Å². The van der Waals surface area contributed by atoms with Crippen molar-refractivity contribution < 1.29 is 9.97 Å². The van der Waals surface area contributed by atoms with E-state index in [1.807, 2.05) is 24.4 Å². The van der Waals surface area contributed by atoms with E-state index in [0.717, 1.165) is 28.5 Å². The summed E-state index contributed by atoms with van der Waals surface area (Å²) in [6.07, 6.45) is 1.88. The lowest BCUT2D eigenvalue weighted by Gasteiger charge is -1.98. The maximum atomic E-state index is 4.47. The molecule has 0 aliphatic heterocycles. The van der Waals surface area contributed by atoms with Crippen molar-refractivity contribution in [1.29, 1.82) is 0 Å². The number of fused-ring (bicyclic) bond motifs is 3. The zero-order valence-electron chi connectivity index (χ0n) is 11.7. The highest BCUT2D eigenvalue weighted by Gasteiger charge is 2.30. The number of hydrogen-bond acceptors (Lipinski definition) is 2. The summed E-state index contributed by atoms with van der Waals surface area (Å²) < 4.78 is 0. The van der Waals surface area contributed by atoms with E-state index in [1.54, 1.807) is 0 Å². The molecule has 4 nitrogen and oxygen atoms in total. The van der Waals surface area contributed by atoms with Crippen LogP contribution < -0.4 is 9.97 Å². The molecule has 4 aromatic rings. The zero-order valence-corrected chi connectivity index (χ0v) is 11.7. The molecule has 2 N–H and O–H groups in total. The molecule has 5 rings (SSSR count). The number of rotatable bonds is 1. The van der Waals surface area contributed by atoms with E-state index in [9.17, 15) is 0 Å². The molecular formula is C18H12N4+2. The van der Waals surface area contributed by atoms with E-state index >= 15 is 0 Å². The number of hydrogen-bond donors (Lipinski definition) is 0. The molecule has 0 unspecified atom stereocenters. The molecule has 0 fully saturated rings. The van der Waals surface area contributed by atoms with Crippen LogP contribution in [0.15, 0.2) is 60.8 Å². The molecule has 0 spiro atoms. The molecular weight excluding hydrogens is 272 g/mol. The number of H-pyrrole nitrogens is 2. The molecule has 102 valence electrons. The molecule has 2 aromatic carbocycles. The Morgan fingerprint density at radius 2 is 1.64 bits per heavy atom. The number of nitrogens with one attached hydrogen (secondary N) is 2. The van der Waals surface area contributed by atoms with Gasteiger partial charge >= 0.3 is 5.82 Å². The van der Waals surface area contributed by atoms with Gasteiger partial charge in [-0.25, -0.2) is 9.97 Å². The van der Waals surface area contributed by atoms with Crippen LogP contribution in [0.1, 0.15) is 0 Å². The Bertz CT molecular complexity index is 1020. The summed E-state index contributed by atoms with van der Waals surface area (Å²) in [4.78, 5) is 6.63. The van der Waals surface area contributed by atoms with E-state index in [0.29, 0.717) is 0 Å². The topological polar surface area (TPSA) is 54.1 Å². The summed E-state index contributed by atoms with van der Waals surface area (Å²) in [5.41, 5.74) is 5.21. The Morgan fingerprint density at radius 1 is 0.773 bits per heavy atom. The van der Waals surface area contributed by atoms with Crippen molar-refractivity contribution in [3.05, 3.63) is 60.8 Å². The maximum absolute atomic E-state index is 4.47. The lowest BCUT2D eigenvalue weighted by Crippen LogP contribution is -2.19. The van der Waals surface area contributed by atoms with Gasteiger partial charge in [0.15, 0.2) is 17.6 Å². The fourth-order valence-corrected chi connectivity index (χ4v) is 3.14. The summed E-state index contributed by atoms with van der Waals surface area (Å²) in [6.45, 7) is 0. The Labute approximate surface area is 126 Å². The molecule has 22 heavy (non-hydrogen) atoms. The Balaban J connectivity index is 1.82. The Hall–Kier alpha value is -3.14. The van der Waals surface area contributed by atoms with Crippen LogP contribution in [-0.4, -0.2) is 10.2 Å². The van der Waals surface area contributed by atoms with E-state index in [4.69, 9.17) is 0 Å². The molecule has 1 aliphatic rings. The highest BCUT2D eigenvalue weighted by atomic mass is 15.2. The highest BCUT2D eigenvalue weighted by molar-refractivity contribution is 6.12. The average molecular weight is 284 g/mol. The summed E-state index contributed by atoms with van der Waals surface area (Å²) in [7, 11) is 0. The first kappa shape index (κ1) is 11.5. The van der Waals surface area contributed by atoms with Gasteiger partial charge < -0.3 is 0 Å². The molecule has 0 bridgehead atoms. The van der Waals surface area contributed by atoms with Crippen molar-refractivity contribution in [2.75, 3.05) is 0 Å². The van der Waals surface area contributed by atoms with E-state index < -0.39 is 0 Å². The molecule has 2 aromatic heterocycles. The number of pyridine rings is 1. The molecule has 0 saturated heterocycles. The number of benzene rings is 2. The summed E-state index contributed by atoms with van der Waals surface area (Å²) >= 11 is 0. The van der Waals surface area contributed by atoms with Gasteiger partial charge in [-0.3, -0.25) is 0 Å². The van der Waals surface area contributed by atoms with Crippen molar-refractivity contribution in [3.63, 3.8) is 0 Å². The van der Waals surface area contributed by atoms with Crippen LogP contribution in [0.2, 0.25) is 0 Å². The van der Waals surface area contributed by atoms with Gasteiger partial charge in [-0.2, -0.15) is 0 Å². The van der Waals surface area contributed by atoms with Crippen LogP contribution in [-0.2, 0) is 0 Å². The van der Waals surface area contributed by atoms with Crippen LogP contribution in [0.25, 0.3) is 44.8 Å². The predicted molar refractivity (Wildman–Crippen MR) is 82.5 cm³/mol. The fraction of sp³-hybridized carbons (Fsp3) is 0. The van der Waals surface area contributed by atoms with Crippen LogP contribution in [0.5, 0.6) is 0 Å². The van der Waals surface area contributed by atoms with Crippen LogP contribution in [0.4, 0.5) is 0 Å². The minimum absolute atomic E-state index is 0.740. The van der Waals surface area contributed by atoms with Gasteiger partial charge in [-0.1, -0.05) is 30.3 Å². The van der Waals surface area contributed by atoms with E-state index in [2.05, 4.69) is 56.6 Å². The molecule has 2 heterocycles. The number of aromatic amines is 2. The van der Waals surface area contributed by atoms with Crippen molar-refractivity contribution in [3.8, 4) is 34.0 Å². The second kappa shape index (κ2) is 4.18. The van der Waals surface area contributed by atoms with Crippen molar-refractivity contribution in [2.45, 2.75) is 0 Å². The van der Waals surface area contributed by atoms with Crippen molar-refractivity contribution >= 4 is 10.8 Å². The quantitative estimate of drug-likeness (QED) is 0.475. The monoisotopic (exact) mass is 284 g/mol. The Morgan fingerprint density at radius 3 is 2.45 bits per heavy atom. The molecule has 0 amide bonds. The van der Waals surface area contributed by atoms with Gasteiger partial charge in [0.2, 0.25) is 0 Å². The molecule has 0 radical (unpaired) electrons. The van der Waals surface area contributed by atoms with E-state index in [-0.39, 0.29) is 0 Å². The van der Waals surface area contributed by atoms with Crippen molar-refractivity contribution in [2.24, 2.45) is 0 Å². The third kappa shape index (κ3) is 1.46. The van der Waals surface area contributed by atoms with Crippen LogP contribution >= 0.6 is 0 Å². The third-order valence-electron chi connectivity index (χ3n) is 4.12. The number of nitrogens with zero attached hydrogens (tertiary/aromatic N) is 2. The molecule has 0 atom stereocenters. The average Bonchev–Trinajstić information content (AvgIpc) is 2.92. The fourth-order valence-electron chi connectivity index (χ4n) is 3.14. The number of aromatic nitrogens is 4. The third-order valence-corrected chi connectivity index (χ3v) is 4.12. The van der Waals surface area contributed by atoms with E-state index in [1.165, 1.54) is 16.3 Å². The second-order valence-corrected chi connectivity index (χ2v) is 5.38. The SMILES string of the molecule is c1ccc(-c2nnc3c([nH+]2)-c2cccc4cccc-3c24)[nH+]c1. The lowest BCUT2D eigenvalue weighted by molar-refractivity contribution is -0.399.